The number of aryl methyl sites for hydroxylation is 2. The molecule has 0 aliphatic heterocycles. The number of anilines is 1. The number of ether oxygens (including phenoxy) is 1. The lowest BCUT2D eigenvalue weighted by Crippen LogP contribution is -2.41. The van der Waals surface area contributed by atoms with Gasteiger partial charge in [-0.05, 0) is 56.7 Å². The van der Waals surface area contributed by atoms with E-state index in [0.717, 1.165) is 21.0 Å². The van der Waals surface area contributed by atoms with Crippen molar-refractivity contribution in [3.8, 4) is 5.75 Å². The SMILES string of the molecule is COc1ccccc1[C@@H](C)NC(=O)CN(c1ccc(C)c(Cl)c1)S(=O)(=O)c1ccc(C)cc1. The van der Waals surface area contributed by atoms with E-state index >= 15 is 0 Å². The minimum Gasteiger partial charge on any atom is -0.496 e. The number of nitrogens with one attached hydrogen (secondary N) is 1. The van der Waals surface area contributed by atoms with Gasteiger partial charge in [-0.1, -0.05) is 53.6 Å². The first-order chi connectivity index (χ1) is 15.6. The van der Waals surface area contributed by atoms with Crippen LogP contribution >= 0.6 is 11.6 Å². The summed E-state index contributed by atoms with van der Waals surface area (Å²) in [7, 11) is -2.46. The maximum absolute atomic E-state index is 13.5. The Morgan fingerprint density at radius 1 is 1.06 bits per heavy atom. The number of hydrogen-bond donors (Lipinski definition) is 1. The third kappa shape index (κ3) is 5.67. The molecule has 33 heavy (non-hydrogen) atoms. The van der Waals surface area contributed by atoms with Crippen LogP contribution in [0.1, 0.15) is 29.7 Å². The minimum atomic E-state index is -4.02. The van der Waals surface area contributed by atoms with Crippen LogP contribution in [0, 0.1) is 13.8 Å². The highest BCUT2D eigenvalue weighted by Crippen LogP contribution is 2.29. The van der Waals surface area contributed by atoms with Crippen molar-refractivity contribution >= 4 is 33.2 Å². The first-order valence-corrected chi connectivity index (χ1v) is 12.2. The highest BCUT2D eigenvalue weighted by Gasteiger charge is 2.28. The number of benzene rings is 3. The number of carbonyl (C=O) groups is 1. The van der Waals surface area contributed by atoms with Gasteiger partial charge in [0, 0.05) is 10.6 Å². The Labute approximate surface area is 200 Å². The zero-order valence-electron chi connectivity index (χ0n) is 19.0. The number of para-hydroxylation sites is 1. The van der Waals surface area contributed by atoms with Gasteiger partial charge in [-0.25, -0.2) is 8.42 Å². The van der Waals surface area contributed by atoms with E-state index in [1.807, 2.05) is 39.0 Å². The normalized spacial score (nSPS) is 12.2. The smallest absolute Gasteiger partial charge is 0.264 e. The summed E-state index contributed by atoms with van der Waals surface area (Å²) in [5.74, 6) is 0.181. The summed E-state index contributed by atoms with van der Waals surface area (Å²) in [5, 5.41) is 3.29. The highest BCUT2D eigenvalue weighted by molar-refractivity contribution is 7.92. The Kier molecular flexibility index (Phi) is 7.66. The van der Waals surface area contributed by atoms with E-state index in [0.29, 0.717) is 16.5 Å². The third-order valence-corrected chi connectivity index (χ3v) is 7.52. The van der Waals surface area contributed by atoms with Gasteiger partial charge in [-0.2, -0.15) is 0 Å². The highest BCUT2D eigenvalue weighted by atomic mass is 35.5. The summed E-state index contributed by atoms with van der Waals surface area (Å²) in [6.45, 7) is 5.11. The molecule has 3 aromatic carbocycles. The van der Waals surface area contributed by atoms with Crippen LogP contribution in [0.2, 0.25) is 5.02 Å². The fourth-order valence-corrected chi connectivity index (χ4v) is 5.00. The Morgan fingerprint density at radius 2 is 1.73 bits per heavy atom. The lowest BCUT2D eigenvalue weighted by molar-refractivity contribution is -0.120. The molecule has 0 unspecified atom stereocenters. The second kappa shape index (κ2) is 10.3. The fraction of sp³-hybridized carbons (Fsp3) is 0.240. The molecule has 1 N–H and O–H groups in total. The molecule has 0 aromatic heterocycles. The van der Waals surface area contributed by atoms with Gasteiger partial charge in [0.25, 0.3) is 10.0 Å². The summed E-state index contributed by atoms with van der Waals surface area (Å²) in [5.41, 5.74) is 2.84. The Balaban J connectivity index is 1.93. The summed E-state index contributed by atoms with van der Waals surface area (Å²) in [6, 6.07) is 18.4. The van der Waals surface area contributed by atoms with Crippen molar-refractivity contribution in [2.45, 2.75) is 31.7 Å². The van der Waals surface area contributed by atoms with Crippen LogP contribution in [0.5, 0.6) is 5.75 Å². The largest absolute Gasteiger partial charge is 0.496 e. The van der Waals surface area contributed by atoms with Gasteiger partial charge in [0.15, 0.2) is 0 Å². The molecule has 0 aliphatic carbocycles. The topological polar surface area (TPSA) is 75.7 Å². The second-order valence-electron chi connectivity index (χ2n) is 7.79. The van der Waals surface area contributed by atoms with Crippen molar-refractivity contribution in [2.75, 3.05) is 18.0 Å². The van der Waals surface area contributed by atoms with E-state index in [-0.39, 0.29) is 10.9 Å². The molecule has 0 bridgehead atoms. The van der Waals surface area contributed by atoms with Gasteiger partial charge in [0.1, 0.15) is 12.3 Å². The van der Waals surface area contributed by atoms with Crippen LogP contribution in [0.4, 0.5) is 5.69 Å². The average molecular weight is 487 g/mol. The van der Waals surface area contributed by atoms with Gasteiger partial charge >= 0.3 is 0 Å². The molecule has 6 nitrogen and oxygen atoms in total. The molecule has 0 fully saturated rings. The lowest BCUT2D eigenvalue weighted by Gasteiger charge is -2.26. The Morgan fingerprint density at radius 3 is 2.36 bits per heavy atom. The summed E-state index contributed by atoms with van der Waals surface area (Å²) in [6.07, 6.45) is 0. The molecule has 1 atom stereocenters. The van der Waals surface area contributed by atoms with Gasteiger partial charge < -0.3 is 10.1 Å². The standard InChI is InChI=1S/C25H27ClN2O4S/c1-17-9-13-21(14-10-17)33(30,31)28(20-12-11-18(2)23(26)15-20)16-25(29)27-19(3)22-7-5-6-8-24(22)32-4/h5-15,19H,16H2,1-4H3,(H,27,29)/t19-/m1/s1. The van der Waals surface area contributed by atoms with Crippen molar-refractivity contribution in [3.05, 3.63) is 88.4 Å². The average Bonchev–Trinajstić information content (AvgIpc) is 2.79. The molecular formula is C25H27ClN2O4S. The molecule has 174 valence electrons. The van der Waals surface area contributed by atoms with E-state index in [4.69, 9.17) is 16.3 Å². The van der Waals surface area contributed by atoms with Crippen LogP contribution in [0.15, 0.2) is 71.6 Å². The van der Waals surface area contributed by atoms with E-state index < -0.39 is 22.5 Å². The zero-order valence-corrected chi connectivity index (χ0v) is 20.6. The van der Waals surface area contributed by atoms with Crippen LogP contribution in [0.3, 0.4) is 0 Å². The summed E-state index contributed by atoms with van der Waals surface area (Å²) < 4.78 is 33.5. The van der Waals surface area contributed by atoms with E-state index in [1.165, 1.54) is 12.1 Å². The third-order valence-electron chi connectivity index (χ3n) is 5.32. The van der Waals surface area contributed by atoms with Crippen molar-refractivity contribution in [1.82, 2.24) is 5.32 Å². The number of sulfonamides is 1. The van der Waals surface area contributed by atoms with Crippen molar-refractivity contribution in [2.24, 2.45) is 0 Å². The first kappa shape index (κ1) is 24.6. The van der Waals surface area contributed by atoms with Gasteiger partial charge in [-0.3, -0.25) is 9.10 Å². The van der Waals surface area contributed by atoms with Crippen LogP contribution < -0.4 is 14.4 Å². The van der Waals surface area contributed by atoms with Crippen molar-refractivity contribution < 1.29 is 17.9 Å². The van der Waals surface area contributed by atoms with Crippen LogP contribution in [-0.4, -0.2) is 28.0 Å². The quantitative estimate of drug-likeness (QED) is 0.484. The second-order valence-corrected chi connectivity index (χ2v) is 10.1. The molecule has 3 aromatic rings. The minimum absolute atomic E-state index is 0.0929. The van der Waals surface area contributed by atoms with Gasteiger partial charge in [-0.15, -0.1) is 0 Å². The van der Waals surface area contributed by atoms with Crippen LogP contribution in [0.25, 0.3) is 0 Å². The number of amides is 1. The molecule has 0 spiro atoms. The number of halogens is 1. The van der Waals surface area contributed by atoms with Gasteiger partial charge in [0.2, 0.25) is 5.91 Å². The van der Waals surface area contributed by atoms with E-state index in [2.05, 4.69) is 5.32 Å². The number of hydrogen-bond acceptors (Lipinski definition) is 4. The molecule has 0 aliphatic rings. The van der Waals surface area contributed by atoms with Crippen LogP contribution in [-0.2, 0) is 14.8 Å². The van der Waals surface area contributed by atoms with Gasteiger partial charge in [0.05, 0.1) is 23.7 Å². The molecule has 0 heterocycles. The van der Waals surface area contributed by atoms with E-state index in [9.17, 15) is 13.2 Å². The molecule has 0 radical (unpaired) electrons. The number of methoxy groups -OCH3 is 1. The maximum Gasteiger partial charge on any atom is 0.264 e. The fourth-order valence-electron chi connectivity index (χ4n) is 3.41. The predicted molar refractivity (Wildman–Crippen MR) is 131 cm³/mol. The van der Waals surface area contributed by atoms with Crippen molar-refractivity contribution in [1.29, 1.82) is 0 Å². The monoisotopic (exact) mass is 486 g/mol. The molecule has 0 saturated carbocycles. The number of nitrogens with zero attached hydrogens (tertiary/aromatic N) is 1. The Bertz CT molecular complexity index is 1240. The molecule has 8 heteroatoms. The summed E-state index contributed by atoms with van der Waals surface area (Å²) in [4.78, 5) is 13.1. The zero-order chi connectivity index (χ0) is 24.2. The summed E-state index contributed by atoms with van der Waals surface area (Å²) >= 11 is 6.27. The number of rotatable bonds is 8. The number of carbonyl (C=O) groups excluding carboxylic acids is 1. The predicted octanol–water partition coefficient (Wildman–Crippen LogP) is 5.04. The molecule has 1 amide bonds. The van der Waals surface area contributed by atoms with E-state index in [1.54, 1.807) is 43.5 Å². The lowest BCUT2D eigenvalue weighted by atomic mass is 10.1. The van der Waals surface area contributed by atoms with Crippen molar-refractivity contribution in [3.63, 3.8) is 0 Å². The molecule has 3 rings (SSSR count). The molecular weight excluding hydrogens is 460 g/mol. The maximum atomic E-state index is 13.5. The first-order valence-electron chi connectivity index (χ1n) is 10.4. The molecule has 0 saturated heterocycles. The Hall–Kier alpha value is -3.03.